The molecule has 9 heteroatoms. The predicted octanol–water partition coefficient (Wildman–Crippen LogP) is 0.941. The van der Waals surface area contributed by atoms with Crippen molar-refractivity contribution in [3.63, 3.8) is 0 Å². The first kappa shape index (κ1) is 21.0. The van der Waals surface area contributed by atoms with Crippen LogP contribution in [0.5, 0.6) is 5.75 Å². The molecule has 0 spiro atoms. The quantitative estimate of drug-likeness (QED) is 0.586. The molecule has 28 heavy (non-hydrogen) atoms. The third-order valence-electron chi connectivity index (χ3n) is 5.34. The van der Waals surface area contributed by atoms with Crippen molar-refractivity contribution in [1.82, 2.24) is 10.0 Å². The molecule has 3 N–H and O–H groups in total. The van der Waals surface area contributed by atoms with Crippen LogP contribution in [0.25, 0.3) is 0 Å². The molecular formula is C19H28N2O6S. The molecule has 8 nitrogen and oxygen atoms in total. The first-order chi connectivity index (χ1) is 13.4. The van der Waals surface area contributed by atoms with Gasteiger partial charge in [-0.1, -0.05) is 6.07 Å². The van der Waals surface area contributed by atoms with Gasteiger partial charge in [0.15, 0.2) is 0 Å². The Morgan fingerprint density at radius 2 is 2.07 bits per heavy atom. The molecule has 2 aliphatic rings. The lowest BCUT2D eigenvalue weighted by Gasteiger charge is -2.36. The van der Waals surface area contributed by atoms with E-state index in [1.54, 1.807) is 12.1 Å². The smallest absolute Gasteiger partial charge is 0.241 e. The summed E-state index contributed by atoms with van der Waals surface area (Å²) >= 11 is 0. The molecule has 1 aliphatic heterocycles. The molecule has 0 bridgehead atoms. The van der Waals surface area contributed by atoms with Crippen molar-refractivity contribution in [2.45, 2.75) is 67.7 Å². The van der Waals surface area contributed by atoms with Crippen LogP contribution in [0.4, 0.5) is 0 Å². The first-order valence-electron chi connectivity index (χ1n) is 9.63. The molecule has 1 heterocycles. The van der Waals surface area contributed by atoms with Gasteiger partial charge in [-0.2, -0.15) is 0 Å². The second-order valence-corrected chi connectivity index (χ2v) is 9.08. The van der Waals surface area contributed by atoms with Crippen molar-refractivity contribution in [3.8, 4) is 5.75 Å². The van der Waals surface area contributed by atoms with Gasteiger partial charge in [0.05, 0.1) is 43.3 Å². The lowest BCUT2D eigenvalue weighted by Crippen LogP contribution is -2.51. The molecule has 1 aromatic rings. The number of rotatable bonds is 8. The molecule has 3 rings (SSSR count). The van der Waals surface area contributed by atoms with E-state index in [1.165, 1.54) is 19.2 Å². The SMILES string of the molecule is COc1cccc(S(=O)(=O)N[C@H]2CC[C@H](CC(=O)NC3CCC3)O[C@H]2CO)c1. The van der Waals surface area contributed by atoms with E-state index in [2.05, 4.69) is 10.0 Å². The van der Waals surface area contributed by atoms with Gasteiger partial charge in [-0.05, 0) is 44.2 Å². The standard InChI is InChI=1S/C19H28N2O6S/c1-26-14-6-3-7-16(10-14)28(24,25)21-17-9-8-15(27-18(17)12-22)11-19(23)20-13-4-2-5-13/h3,6-7,10,13,15,17-18,21-22H,2,4-5,8-9,11-12H2,1H3,(H,20,23)/t15-,17+,18+/m1/s1. The fraction of sp³-hybridized carbons (Fsp3) is 0.632. The second-order valence-electron chi connectivity index (χ2n) is 7.36. The predicted molar refractivity (Wildman–Crippen MR) is 102 cm³/mol. The van der Waals surface area contributed by atoms with Crippen molar-refractivity contribution < 1.29 is 27.8 Å². The van der Waals surface area contributed by atoms with Crippen LogP contribution in [0.3, 0.4) is 0 Å². The monoisotopic (exact) mass is 412 g/mol. The van der Waals surface area contributed by atoms with Gasteiger partial charge in [0, 0.05) is 12.1 Å². The maximum absolute atomic E-state index is 12.7. The van der Waals surface area contributed by atoms with Crippen molar-refractivity contribution in [2.75, 3.05) is 13.7 Å². The highest BCUT2D eigenvalue weighted by Crippen LogP contribution is 2.25. The van der Waals surface area contributed by atoms with E-state index in [0.29, 0.717) is 18.6 Å². The zero-order valence-electron chi connectivity index (χ0n) is 16.0. The molecule has 1 aliphatic carbocycles. The zero-order valence-corrected chi connectivity index (χ0v) is 16.8. The Bertz CT molecular complexity index is 780. The number of ether oxygens (including phenoxy) is 2. The number of carbonyl (C=O) groups excluding carboxylic acids is 1. The average Bonchev–Trinajstić information content (AvgIpc) is 2.65. The normalized spacial score (nSPS) is 25.7. The lowest BCUT2D eigenvalue weighted by molar-refractivity contribution is -0.131. The molecule has 1 amide bonds. The van der Waals surface area contributed by atoms with Gasteiger partial charge in [-0.25, -0.2) is 13.1 Å². The van der Waals surface area contributed by atoms with Gasteiger partial charge < -0.3 is 19.9 Å². The van der Waals surface area contributed by atoms with E-state index in [9.17, 15) is 18.3 Å². The maximum Gasteiger partial charge on any atom is 0.241 e. The summed E-state index contributed by atoms with van der Waals surface area (Å²) in [5.74, 6) is 0.390. The molecule has 1 aromatic carbocycles. The topological polar surface area (TPSA) is 114 Å². The van der Waals surface area contributed by atoms with Gasteiger partial charge in [-0.3, -0.25) is 4.79 Å². The summed E-state index contributed by atoms with van der Waals surface area (Å²) in [5, 5.41) is 12.6. The summed E-state index contributed by atoms with van der Waals surface area (Å²) in [6.07, 6.45) is 3.41. The Kier molecular flexibility index (Phi) is 6.92. The van der Waals surface area contributed by atoms with Crippen LogP contribution in [-0.4, -0.2) is 57.4 Å². The number of carbonyl (C=O) groups is 1. The molecular weight excluding hydrogens is 384 g/mol. The second kappa shape index (κ2) is 9.21. The zero-order chi connectivity index (χ0) is 20.1. The molecule has 156 valence electrons. The Balaban J connectivity index is 1.58. The van der Waals surface area contributed by atoms with E-state index in [4.69, 9.17) is 9.47 Å². The largest absolute Gasteiger partial charge is 0.497 e. The van der Waals surface area contributed by atoms with Crippen LogP contribution in [0, 0.1) is 0 Å². The molecule has 1 saturated heterocycles. The number of sulfonamides is 1. The molecule has 2 fully saturated rings. The van der Waals surface area contributed by atoms with E-state index < -0.39 is 22.2 Å². The first-order valence-corrected chi connectivity index (χ1v) is 11.1. The Labute approximate surface area is 165 Å². The fourth-order valence-electron chi connectivity index (χ4n) is 3.50. The van der Waals surface area contributed by atoms with Crippen LogP contribution in [-0.2, 0) is 19.6 Å². The van der Waals surface area contributed by atoms with E-state index in [-0.39, 0.29) is 36.0 Å². The Hall–Kier alpha value is -1.68. The molecule has 0 radical (unpaired) electrons. The van der Waals surface area contributed by atoms with Crippen LogP contribution in [0.15, 0.2) is 29.2 Å². The highest BCUT2D eigenvalue weighted by Gasteiger charge is 2.35. The van der Waals surface area contributed by atoms with E-state index in [1.807, 2.05) is 0 Å². The molecule has 1 saturated carbocycles. The molecule has 3 atom stereocenters. The number of hydrogen-bond acceptors (Lipinski definition) is 6. The van der Waals surface area contributed by atoms with E-state index in [0.717, 1.165) is 19.3 Å². The van der Waals surface area contributed by atoms with Crippen molar-refractivity contribution in [1.29, 1.82) is 0 Å². The van der Waals surface area contributed by atoms with E-state index >= 15 is 0 Å². The van der Waals surface area contributed by atoms with Crippen LogP contribution < -0.4 is 14.8 Å². The maximum atomic E-state index is 12.7. The highest BCUT2D eigenvalue weighted by atomic mass is 32.2. The summed E-state index contributed by atoms with van der Waals surface area (Å²) < 4.78 is 38.9. The minimum atomic E-state index is -3.79. The number of hydrogen-bond donors (Lipinski definition) is 3. The Morgan fingerprint density at radius 1 is 1.29 bits per heavy atom. The van der Waals surface area contributed by atoms with Gasteiger partial charge in [0.2, 0.25) is 15.9 Å². The van der Waals surface area contributed by atoms with Crippen molar-refractivity contribution in [3.05, 3.63) is 24.3 Å². The summed E-state index contributed by atoms with van der Waals surface area (Å²) in [5.41, 5.74) is 0. The highest BCUT2D eigenvalue weighted by molar-refractivity contribution is 7.89. The number of amides is 1. The fourth-order valence-corrected chi connectivity index (χ4v) is 4.83. The average molecular weight is 413 g/mol. The summed E-state index contributed by atoms with van der Waals surface area (Å²) in [7, 11) is -2.32. The van der Waals surface area contributed by atoms with Crippen LogP contribution >= 0.6 is 0 Å². The number of aliphatic hydroxyl groups is 1. The minimum absolute atomic E-state index is 0.0539. The molecule has 0 unspecified atom stereocenters. The number of nitrogens with one attached hydrogen (secondary N) is 2. The minimum Gasteiger partial charge on any atom is -0.497 e. The van der Waals surface area contributed by atoms with Gasteiger partial charge in [0.25, 0.3) is 0 Å². The number of aliphatic hydroxyl groups excluding tert-OH is 1. The summed E-state index contributed by atoms with van der Waals surface area (Å²) in [6.45, 7) is -0.327. The lowest BCUT2D eigenvalue weighted by atomic mass is 9.92. The van der Waals surface area contributed by atoms with Crippen molar-refractivity contribution in [2.24, 2.45) is 0 Å². The van der Waals surface area contributed by atoms with Gasteiger partial charge in [0.1, 0.15) is 5.75 Å². The van der Waals surface area contributed by atoms with Crippen molar-refractivity contribution >= 4 is 15.9 Å². The summed E-state index contributed by atoms with van der Waals surface area (Å²) in [4.78, 5) is 12.2. The molecule has 0 aromatic heterocycles. The number of methoxy groups -OCH3 is 1. The van der Waals surface area contributed by atoms with Gasteiger partial charge in [-0.15, -0.1) is 0 Å². The van der Waals surface area contributed by atoms with Crippen LogP contribution in [0.1, 0.15) is 38.5 Å². The Morgan fingerprint density at radius 3 is 2.71 bits per heavy atom. The van der Waals surface area contributed by atoms with Crippen LogP contribution in [0.2, 0.25) is 0 Å². The third kappa shape index (κ3) is 5.22. The number of benzene rings is 1. The van der Waals surface area contributed by atoms with Gasteiger partial charge >= 0.3 is 0 Å². The summed E-state index contributed by atoms with van der Waals surface area (Å²) in [6, 6.07) is 5.90. The third-order valence-corrected chi connectivity index (χ3v) is 6.82.